The van der Waals surface area contributed by atoms with Crippen LogP contribution in [0.3, 0.4) is 0 Å². The van der Waals surface area contributed by atoms with Crippen molar-refractivity contribution in [2.45, 2.75) is 25.0 Å². The van der Waals surface area contributed by atoms with Gasteiger partial charge in [0.15, 0.2) is 0 Å². The molecule has 3 aromatic carbocycles. The molecule has 0 fully saturated rings. The van der Waals surface area contributed by atoms with Gasteiger partial charge in [0.05, 0.1) is 4.75 Å². The van der Waals surface area contributed by atoms with Crippen LogP contribution in [0.25, 0.3) is 17.0 Å². The highest BCUT2D eigenvalue weighted by atomic mass is 32.2. The summed E-state index contributed by atoms with van der Waals surface area (Å²) in [4.78, 5) is 7.66. The predicted molar refractivity (Wildman–Crippen MR) is 150 cm³/mol. The quantitative estimate of drug-likeness (QED) is 0.321. The number of nitrogens with one attached hydrogen (secondary N) is 1. The molecule has 35 heavy (non-hydrogen) atoms. The van der Waals surface area contributed by atoms with Crippen LogP contribution < -0.4 is 4.90 Å². The highest BCUT2D eigenvalue weighted by Gasteiger charge is 2.48. The number of para-hydroxylation sites is 2. The van der Waals surface area contributed by atoms with Crippen LogP contribution >= 0.6 is 11.8 Å². The van der Waals surface area contributed by atoms with Crippen molar-refractivity contribution in [3.8, 4) is 0 Å². The fraction of sp³-hybridized carbons (Fsp3) is 0.188. The van der Waals surface area contributed by atoms with Crippen LogP contribution in [-0.4, -0.2) is 4.98 Å². The number of aromatic amines is 1. The number of anilines is 3. The number of nitrogens with zero attached hydrogens (tertiary/aromatic N) is 1. The maximum absolute atomic E-state index is 3.73. The highest BCUT2D eigenvalue weighted by molar-refractivity contribution is 8.04. The molecule has 3 aliphatic rings. The van der Waals surface area contributed by atoms with E-state index in [4.69, 9.17) is 0 Å². The molecule has 1 aromatic heterocycles. The van der Waals surface area contributed by atoms with E-state index in [0.717, 1.165) is 17.8 Å². The molecule has 0 saturated carbocycles. The first kappa shape index (κ1) is 20.9. The van der Waals surface area contributed by atoms with Crippen LogP contribution in [0.15, 0.2) is 108 Å². The fourth-order valence-corrected chi connectivity index (χ4v) is 7.95. The number of aromatic nitrogens is 1. The summed E-state index contributed by atoms with van der Waals surface area (Å²) in [5, 5.41) is 1.33. The summed E-state index contributed by atoms with van der Waals surface area (Å²) in [6.07, 6.45) is 10.7. The summed E-state index contributed by atoms with van der Waals surface area (Å²) in [6.45, 7) is 4.78. The average molecular weight is 473 g/mol. The lowest BCUT2D eigenvalue weighted by Crippen LogP contribution is -2.27. The van der Waals surface area contributed by atoms with E-state index in [1.54, 1.807) is 4.91 Å². The second-order valence-electron chi connectivity index (χ2n) is 10.1. The van der Waals surface area contributed by atoms with Gasteiger partial charge in [0.2, 0.25) is 0 Å². The lowest BCUT2D eigenvalue weighted by atomic mass is 9.75. The van der Waals surface area contributed by atoms with Gasteiger partial charge in [-0.3, -0.25) is 0 Å². The number of hydrogen-bond acceptors (Lipinski definition) is 2. The van der Waals surface area contributed by atoms with Gasteiger partial charge in [-0.1, -0.05) is 61.5 Å². The molecular weight excluding hydrogens is 444 g/mol. The summed E-state index contributed by atoms with van der Waals surface area (Å²) in [5.74, 6) is 1.04. The Hall–Kier alpha value is -3.43. The summed E-state index contributed by atoms with van der Waals surface area (Å²) in [7, 11) is 0. The van der Waals surface area contributed by atoms with Gasteiger partial charge in [-0.2, -0.15) is 0 Å². The molecule has 0 bridgehead atoms. The van der Waals surface area contributed by atoms with E-state index in [1.807, 2.05) is 0 Å². The molecule has 7 rings (SSSR count). The largest absolute Gasteiger partial charge is 0.355 e. The third-order valence-electron chi connectivity index (χ3n) is 7.75. The molecule has 4 aromatic rings. The van der Waals surface area contributed by atoms with Crippen molar-refractivity contribution in [1.82, 2.24) is 4.98 Å². The van der Waals surface area contributed by atoms with Crippen molar-refractivity contribution in [2.24, 2.45) is 11.8 Å². The number of benzene rings is 3. The standard InChI is InChI=1S/C32H28N2S/c1-21-13-15-25-27-16-18-29-31(32(27,2)35-30(25)19-21)26-20-24(14-17-28(26)33-29)34(22-9-5-3-6-10-22)23-11-7-4-8-12-23/h3-18,20-21,27,33H,19H2,1-2H3. The number of rotatable bonds is 3. The van der Waals surface area contributed by atoms with Crippen LogP contribution in [-0.2, 0) is 4.75 Å². The van der Waals surface area contributed by atoms with Gasteiger partial charge in [0.25, 0.3) is 0 Å². The normalized spacial score (nSPS) is 24.4. The monoisotopic (exact) mass is 472 g/mol. The predicted octanol–water partition coefficient (Wildman–Crippen LogP) is 9.09. The van der Waals surface area contributed by atoms with E-state index >= 15 is 0 Å². The van der Waals surface area contributed by atoms with E-state index in [2.05, 4.69) is 139 Å². The third-order valence-corrected chi connectivity index (χ3v) is 9.28. The van der Waals surface area contributed by atoms with Crippen molar-refractivity contribution in [3.05, 3.63) is 119 Å². The number of thioether (sulfide) groups is 1. The van der Waals surface area contributed by atoms with Crippen molar-refractivity contribution >= 4 is 45.8 Å². The van der Waals surface area contributed by atoms with E-state index < -0.39 is 0 Å². The molecule has 2 heterocycles. The molecule has 172 valence electrons. The maximum atomic E-state index is 3.73. The minimum atomic E-state index is 0.00431. The molecule has 2 nitrogen and oxygen atoms in total. The molecule has 0 radical (unpaired) electrons. The zero-order valence-electron chi connectivity index (χ0n) is 20.0. The lowest BCUT2D eigenvalue weighted by molar-refractivity contribution is 0.575. The Labute approximate surface area is 211 Å². The Balaban J connectivity index is 1.39. The van der Waals surface area contributed by atoms with Crippen LogP contribution in [0.4, 0.5) is 17.1 Å². The summed E-state index contributed by atoms with van der Waals surface area (Å²) in [5.41, 5.74) is 8.95. The summed E-state index contributed by atoms with van der Waals surface area (Å²) < 4.78 is 0.00431. The molecule has 2 aliphatic carbocycles. The number of H-pyrrole nitrogens is 1. The van der Waals surface area contributed by atoms with E-state index in [9.17, 15) is 0 Å². The van der Waals surface area contributed by atoms with Crippen LogP contribution in [0.5, 0.6) is 0 Å². The van der Waals surface area contributed by atoms with Gasteiger partial charge >= 0.3 is 0 Å². The molecule has 3 atom stereocenters. The van der Waals surface area contributed by atoms with Gasteiger partial charge in [-0.15, -0.1) is 11.8 Å². The smallest absolute Gasteiger partial charge is 0.0554 e. The zero-order chi connectivity index (χ0) is 23.6. The SMILES string of the molecule is CC1C=CC2=C(C1)SC1(C)c3c([nH]c4ccc(N(c5ccccc5)c5ccccc5)cc34)C=CC21. The van der Waals surface area contributed by atoms with Crippen LogP contribution in [0.1, 0.15) is 31.5 Å². The number of hydrogen-bond donors (Lipinski definition) is 1. The second-order valence-corrected chi connectivity index (χ2v) is 11.7. The molecule has 0 saturated heterocycles. The Kier molecular flexibility index (Phi) is 4.65. The molecule has 0 amide bonds. The second kappa shape index (κ2) is 7.79. The zero-order valence-corrected chi connectivity index (χ0v) is 20.8. The fourth-order valence-electron chi connectivity index (χ4n) is 6.12. The molecular formula is C32H28N2S. The molecule has 0 spiro atoms. The third kappa shape index (κ3) is 3.18. The Bertz CT molecular complexity index is 1490. The molecule has 3 heteroatoms. The van der Waals surface area contributed by atoms with Crippen molar-refractivity contribution in [3.63, 3.8) is 0 Å². The van der Waals surface area contributed by atoms with Crippen LogP contribution in [0, 0.1) is 11.8 Å². The Morgan fingerprint density at radius 2 is 1.57 bits per heavy atom. The van der Waals surface area contributed by atoms with E-state index in [1.165, 1.54) is 33.4 Å². The average Bonchev–Trinajstić information content (AvgIpc) is 3.39. The molecule has 1 aliphatic heterocycles. The Morgan fingerprint density at radius 1 is 0.857 bits per heavy atom. The van der Waals surface area contributed by atoms with Crippen molar-refractivity contribution in [2.75, 3.05) is 4.90 Å². The first-order chi connectivity index (χ1) is 17.1. The topological polar surface area (TPSA) is 19.0 Å². The Morgan fingerprint density at radius 3 is 2.29 bits per heavy atom. The summed E-state index contributed by atoms with van der Waals surface area (Å²) >= 11 is 2.10. The summed E-state index contributed by atoms with van der Waals surface area (Å²) in [6, 6.07) is 28.2. The minimum Gasteiger partial charge on any atom is -0.355 e. The van der Waals surface area contributed by atoms with Gasteiger partial charge in [-0.05, 0) is 78.3 Å². The van der Waals surface area contributed by atoms with Crippen molar-refractivity contribution in [1.29, 1.82) is 0 Å². The van der Waals surface area contributed by atoms with Gasteiger partial charge < -0.3 is 9.88 Å². The molecule has 3 unspecified atom stereocenters. The lowest BCUT2D eigenvalue weighted by Gasteiger charge is -2.34. The minimum absolute atomic E-state index is 0.00431. The highest BCUT2D eigenvalue weighted by Crippen LogP contribution is 2.63. The number of fused-ring (bicyclic) bond motifs is 6. The first-order valence-electron chi connectivity index (χ1n) is 12.5. The molecule has 1 N–H and O–H groups in total. The van der Waals surface area contributed by atoms with E-state index in [0.29, 0.717) is 11.8 Å². The van der Waals surface area contributed by atoms with Crippen LogP contribution in [0.2, 0.25) is 0 Å². The van der Waals surface area contributed by atoms with Gasteiger partial charge in [0, 0.05) is 45.1 Å². The number of allylic oxidation sites excluding steroid dienone is 5. The van der Waals surface area contributed by atoms with E-state index in [-0.39, 0.29) is 4.75 Å². The van der Waals surface area contributed by atoms with Crippen molar-refractivity contribution < 1.29 is 0 Å². The maximum Gasteiger partial charge on any atom is 0.0554 e. The first-order valence-corrected chi connectivity index (χ1v) is 13.3. The van der Waals surface area contributed by atoms with Gasteiger partial charge in [0.1, 0.15) is 0 Å². The van der Waals surface area contributed by atoms with Gasteiger partial charge in [-0.25, -0.2) is 0 Å².